The molecule has 8 nitrogen and oxygen atoms in total. The van der Waals surface area contributed by atoms with Gasteiger partial charge >= 0.3 is 6.01 Å². The molecule has 1 aromatic heterocycles. The Kier molecular flexibility index (Phi) is 6.63. The van der Waals surface area contributed by atoms with Crippen molar-refractivity contribution in [3.63, 3.8) is 0 Å². The summed E-state index contributed by atoms with van der Waals surface area (Å²) in [6, 6.07) is 6.98. The van der Waals surface area contributed by atoms with Gasteiger partial charge in [0.1, 0.15) is 29.6 Å². The molecule has 4 aliphatic heterocycles. The van der Waals surface area contributed by atoms with Crippen molar-refractivity contribution in [2.45, 2.75) is 36.9 Å². The summed E-state index contributed by atoms with van der Waals surface area (Å²) in [5.74, 6) is 0.183. The Labute approximate surface area is 263 Å². The molecule has 4 aliphatic rings. The second-order valence-corrected chi connectivity index (χ2v) is 12.7. The molecular formula is C35H31F3N6O2. The van der Waals surface area contributed by atoms with Crippen LogP contribution in [0.4, 0.5) is 24.7 Å². The molecule has 3 aromatic carbocycles. The molecule has 4 N–H and O–H groups in total. The van der Waals surface area contributed by atoms with Crippen molar-refractivity contribution in [1.82, 2.24) is 20.2 Å². The van der Waals surface area contributed by atoms with E-state index in [2.05, 4.69) is 33.3 Å². The molecule has 8 rings (SSSR count). The number of nitrogens with one attached hydrogen (secondary N) is 1. The van der Waals surface area contributed by atoms with E-state index in [1.807, 2.05) is 4.90 Å². The van der Waals surface area contributed by atoms with Crippen molar-refractivity contribution >= 4 is 33.2 Å². The lowest BCUT2D eigenvalue weighted by Crippen LogP contribution is -2.52. The molecule has 3 atom stereocenters. The first-order valence-electron chi connectivity index (χ1n) is 15.3. The Morgan fingerprint density at radius 2 is 1.93 bits per heavy atom. The second kappa shape index (κ2) is 10.6. The first kappa shape index (κ1) is 28.7. The molecule has 2 unspecified atom stereocenters. The van der Waals surface area contributed by atoms with E-state index in [9.17, 15) is 9.50 Å². The molecule has 11 heteroatoms. The van der Waals surface area contributed by atoms with Crippen LogP contribution in [-0.4, -0.2) is 70.4 Å². The quantitative estimate of drug-likeness (QED) is 0.121. The predicted molar refractivity (Wildman–Crippen MR) is 171 cm³/mol. The van der Waals surface area contributed by atoms with Crippen molar-refractivity contribution in [3.8, 4) is 29.5 Å². The van der Waals surface area contributed by atoms with Crippen molar-refractivity contribution < 1.29 is 23.0 Å². The van der Waals surface area contributed by atoms with Crippen molar-refractivity contribution in [2.75, 3.05) is 43.4 Å². The van der Waals surface area contributed by atoms with E-state index in [0.29, 0.717) is 37.3 Å². The molecule has 2 bridgehead atoms. The van der Waals surface area contributed by atoms with Gasteiger partial charge in [-0.25, -0.2) is 13.2 Å². The maximum atomic E-state index is 16.9. The van der Waals surface area contributed by atoms with E-state index >= 15 is 8.78 Å². The third-order valence-electron chi connectivity index (χ3n) is 9.83. The maximum absolute atomic E-state index is 16.9. The molecule has 0 aliphatic carbocycles. The van der Waals surface area contributed by atoms with Crippen LogP contribution < -0.4 is 20.7 Å². The summed E-state index contributed by atoms with van der Waals surface area (Å²) in [7, 11) is 0. The second-order valence-electron chi connectivity index (χ2n) is 12.7. The lowest BCUT2D eigenvalue weighted by atomic mass is 9.92. The van der Waals surface area contributed by atoms with Crippen LogP contribution in [0.1, 0.15) is 24.8 Å². The molecule has 234 valence electrons. The number of fused-ring (bicyclic) bond motifs is 5. The highest BCUT2D eigenvalue weighted by atomic mass is 19.1. The van der Waals surface area contributed by atoms with Crippen LogP contribution in [0.15, 0.2) is 54.3 Å². The normalized spacial score (nSPS) is 24.7. The van der Waals surface area contributed by atoms with Crippen LogP contribution >= 0.6 is 0 Å². The Morgan fingerprint density at radius 3 is 2.70 bits per heavy atom. The Bertz CT molecular complexity index is 2030. The summed E-state index contributed by atoms with van der Waals surface area (Å²) in [4.78, 5) is 13.5. The number of piperazine rings is 1. The number of nitrogens with two attached hydrogens (primary N) is 1. The predicted octanol–water partition coefficient (Wildman–Crippen LogP) is 5.21. The summed E-state index contributed by atoms with van der Waals surface area (Å²) in [5.41, 5.74) is 6.37. The summed E-state index contributed by atoms with van der Waals surface area (Å²) >= 11 is 0. The lowest BCUT2D eigenvalue weighted by molar-refractivity contribution is 0.108. The Balaban J connectivity index is 1.30. The molecule has 0 radical (unpaired) electrons. The number of halogens is 3. The van der Waals surface area contributed by atoms with E-state index in [4.69, 9.17) is 21.9 Å². The highest BCUT2D eigenvalue weighted by Crippen LogP contribution is 2.43. The SMILES string of the molecule is C#Cc1c(F)ccc2cc(N)cc(-c3c(F)cc4c(N5CC6C=CC(C5)N6)nc(OC[C@]56CCCN5C/C(=C\O)C6)nc4c3F)c12. The molecule has 46 heavy (non-hydrogen) atoms. The maximum Gasteiger partial charge on any atom is 0.319 e. The van der Waals surface area contributed by atoms with Crippen LogP contribution in [0, 0.1) is 29.8 Å². The topological polar surface area (TPSA) is 99.8 Å². The van der Waals surface area contributed by atoms with E-state index in [-0.39, 0.29) is 63.3 Å². The van der Waals surface area contributed by atoms with Gasteiger partial charge in [0.2, 0.25) is 0 Å². The molecule has 5 heterocycles. The first-order chi connectivity index (χ1) is 22.3. The van der Waals surface area contributed by atoms with Crippen LogP contribution in [0.2, 0.25) is 0 Å². The minimum atomic E-state index is -0.953. The zero-order valence-corrected chi connectivity index (χ0v) is 24.9. The molecular weight excluding hydrogens is 593 g/mol. The number of terminal acetylenes is 1. The van der Waals surface area contributed by atoms with E-state index in [0.717, 1.165) is 25.0 Å². The van der Waals surface area contributed by atoms with E-state index in [1.165, 1.54) is 30.5 Å². The molecule has 4 aromatic rings. The molecule has 3 saturated heterocycles. The lowest BCUT2D eigenvalue weighted by Gasteiger charge is -2.35. The van der Waals surface area contributed by atoms with Crippen molar-refractivity contribution in [1.29, 1.82) is 0 Å². The fourth-order valence-electron chi connectivity index (χ4n) is 7.78. The highest BCUT2D eigenvalue weighted by molar-refractivity contribution is 6.05. The number of nitrogens with zero attached hydrogens (tertiary/aromatic N) is 4. The van der Waals surface area contributed by atoms with Crippen molar-refractivity contribution in [3.05, 3.63) is 77.3 Å². The fraction of sp³-hybridized carbons (Fsp3) is 0.314. The van der Waals surface area contributed by atoms with Gasteiger partial charge in [-0.05, 0) is 66.6 Å². The first-order valence-corrected chi connectivity index (χ1v) is 15.3. The van der Waals surface area contributed by atoms with Gasteiger partial charge in [0.15, 0.2) is 5.82 Å². The minimum Gasteiger partial charge on any atom is -0.516 e. The summed E-state index contributed by atoms with van der Waals surface area (Å²) in [6.07, 6.45) is 13.5. The number of rotatable bonds is 5. The molecule has 0 amide bonds. The van der Waals surface area contributed by atoms with Gasteiger partial charge in [-0.2, -0.15) is 9.97 Å². The van der Waals surface area contributed by atoms with Crippen LogP contribution in [0.5, 0.6) is 6.01 Å². The number of aliphatic hydroxyl groups is 1. The largest absolute Gasteiger partial charge is 0.516 e. The van der Waals surface area contributed by atoms with Crippen LogP contribution in [0.3, 0.4) is 0 Å². The number of nitrogen functional groups attached to an aromatic ring is 1. The Morgan fingerprint density at radius 1 is 1.13 bits per heavy atom. The highest BCUT2D eigenvalue weighted by Gasteiger charge is 2.47. The smallest absolute Gasteiger partial charge is 0.319 e. The third kappa shape index (κ3) is 4.47. The van der Waals surface area contributed by atoms with Gasteiger partial charge in [0.25, 0.3) is 0 Å². The number of hydrogen-bond donors (Lipinski definition) is 3. The molecule has 3 fully saturated rings. The fourth-order valence-corrected chi connectivity index (χ4v) is 7.78. The molecule has 0 saturated carbocycles. The number of hydrogen-bond acceptors (Lipinski definition) is 8. The number of benzene rings is 3. The summed E-state index contributed by atoms with van der Waals surface area (Å²) in [5, 5.41) is 14.0. The van der Waals surface area contributed by atoms with E-state index in [1.54, 1.807) is 6.07 Å². The van der Waals surface area contributed by atoms with Gasteiger partial charge in [-0.1, -0.05) is 24.1 Å². The number of anilines is 2. The third-order valence-corrected chi connectivity index (χ3v) is 9.83. The van der Waals surface area contributed by atoms with Gasteiger partial charge in [-0.3, -0.25) is 4.90 Å². The van der Waals surface area contributed by atoms with Crippen LogP contribution in [0.25, 0.3) is 32.8 Å². The van der Waals surface area contributed by atoms with Gasteiger partial charge in [0.05, 0.1) is 22.9 Å². The monoisotopic (exact) mass is 624 g/mol. The van der Waals surface area contributed by atoms with Gasteiger partial charge in [0, 0.05) is 48.2 Å². The average molecular weight is 625 g/mol. The zero-order chi connectivity index (χ0) is 31.7. The standard InChI is InChI=1S/C35H31F3N6O2/c1-2-24-27(36)7-4-20-10-21(39)11-25(29(20)24)30-28(37)12-26-32(31(30)38)41-34(42-33(26)43-15-22-5-6-23(16-43)40-22)46-18-35-8-3-9-44(35)14-19(13-35)17-45/h1,4-7,10-12,17,22-23,40,45H,3,8-9,13-16,18,39H2/b19-17-/t22?,23?,35-/m1/s1. The van der Waals surface area contributed by atoms with Gasteiger partial charge in [-0.15, -0.1) is 6.42 Å². The summed E-state index contributed by atoms with van der Waals surface area (Å²) in [6.45, 7) is 2.86. The zero-order valence-electron chi connectivity index (χ0n) is 24.9. The number of ether oxygens (including phenoxy) is 1. The van der Waals surface area contributed by atoms with Crippen molar-refractivity contribution in [2.24, 2.45) is 0 Å². The number of aromatic nitrogens is 2. The summed E-state index contributed by atoms with van der Waals surface area (Å²) < 4.78 is 54.3. The Hall–Kier alpha value is -4.79. The van der Waals surface area contributed by atoms with E-state index < -0.39 is 23.0 Å². The molecule has 0 spiro atoms. The van der Waals surface area contributed by atoms with Crippen LogP contribution in [-0.2, 0) is 0 Å². The van der Waals surface area contributed by atoms with Gasteiger partial charge < -0.3 is 25.8 Å². The average Bonchev–Trinajstić information content (AvgIpc) is 3.71. The minimum absolute atomic E-state index is 0.0289. The number of aliphatic hydroxyl groups excluding tert-OH is 1.